The normalized spacial score (nSPS) is 11.0. The van der Waals surface area contributed by atoms with Crippen molar-refractivity contribution in [2.24, 2.45) is 7.05 Å². The van der Waals surface area contributed by atoms with E-state index in [9.17, 15) is 19.1 Å². The maximum Gasteiger partial charge on any atom is 0.307 e. The number of aromatic nitrogens is 2. The van der Waals surface area contributed by atoms with E-state index in [-0.39, 0.29) is 34.4 Å². The summed E-state index contributed by atoms with van der Waals surface area (Å²) in [6.07, 6.45) is 0.490. The van der Waals surface area contributed by atoms with E-state index in [1.807, 2.05) is 29.8 Å². The molecule has 0 atom stereocenters. The number of nitrogens with one attached hydrogen (secondary N) is 1. The van der Waals surface area contributed by atoms with Crippen LogP contribution in [0, 0.1) is 5.82 Å². The Hall–Kier alpha value is -4.63. The topological polar surface area (TPSA) is 93.5 Å². The molecule has 0 aliphatic carbocycles. The number of hydrogen-bond donors (Lipinski definition) is 2. The van der Waals surface area contributed by atoms with Gasteiger partial charge in [0.25, 0.3) is 0 Å². The number of rotatable bonds is 9. The Bertz CT molecular complexity index is 1790. The molecular formula is C30H25FN2O5S. The minimum absolute atomic E-state index is 0.200. The maximum absolute atomic E-state index is 13.6. The first-order valence-corrected chi connectivity index (χ1v) is 13.0. The molecule has 0 spiro atoms. The highest BCUT2D eigenvalue weighted by Gasteiger charge is 2.18. The van der Waals surface area contributed by atoms with E-state index in [2.05, 4.69) is 11.6 Å². The number of nitrogens with zero attached hydrogens (tertiary/aromatic N) is 1. The molecule has 5 aromatic rings. The maximum atomic E-state index is 13.6. The van der Waals surface area contributed by atoms with Gasteiger partial charge in [-0.05, 0) is 59.7 Å². The lowest BCUT2D eigenvalue weighted by atomic mass is 10.1. The number of benzene rings is 3. The van der Waals surface area contributed by atoms with Gasteiger partial charge in [-0.1, -0.05) is 42.2 Å². The number of thiazole rings is 1. The zero-order valence-electron chi connectivity index (χ0n) is 21.1. The summed E-state index contributed by atoms with van der Waals surface area (Å²) in [5.41, 5.74) is 2.97. The third-order valence-corrected chi connectivity index (χ3v) is 7.21. The van der Waals surface area contributed by atoms with E-state index in [1.165, 1.54) is 12.1 Å². The molecule has 0 bridgehead atoms. The minimum Gasteiger partial charge on any atom is -0.493 e. The van der Waals surface area contributed by atoms with Crippen LogP contribution in [0.4, 0.5) is 4.39 Å². The van der Waals surface area contributed by atoms with Crippen LogP contribution in [0.25, 0.3) is 27.7 Å². The minimum atomic E-state index is -0.363. The van der Waals surface area contributed by atoms with Crippen molar-refractivity contribution in [2.45, 2.75) is 6.42 Å². The first kappa shape index (κ1) is 26.0. The third-order valence-electron chi connectivity index (χ3n) is 6.28. The van der Waals surface area contributed by atoms with Crippen molar-refractivity contribution < 1.29 is 19.0 Å². The Balaban J connectivity index is 1.30. The van der Waals surface area contributed by atoms with Crippen molar-refractivity contribution in [3.05, 3.63) is 116 Å². The second-order valence-corrected chi connectivity index (χ2v) is 9.82. The molecule has 0 saturated heterocycles. The summed E-state index contributed by atoms with van der Waals surface area (Å²) in [7, 11) is 1.85. The van der Waals surface area contributed by atoms with Crippen molar-refractivity contribution in [3.8, 4) is 28.6 Å². The SMILES string of the molecule is C=C(c1cccc(OCCCOc2c(-c3ccc(F)cc3)n(C)c3ccccc3c2=O)c1)c1sc(=O)[nH]c1O. The predicted octanol–water partition coefficient (Wildman–Crippen LogP) is 5.71. The third kappa shape index (κ3) is 5.35. The molecule has 2 N–H and O–H groups in total. The fourth-order valence-electron chi connectivity index (χ4n) is 4.38. The average Bonchev–Trinajstić information content (AvgIpc) is 3.29. The van der Waals surface area contributed by atoms with Gasteiger partial charge in [0.05, 0.1) is 29.3 Å². The van der Waals surface area contributed by atoms with Gasteiger partial charge in [-0.15, -0.1) is 0 Å². The summed E-state index contributed by atoms with van der Waals surface area (Å²) in [6.45, 7) is 4.53. The van der Waals surface area contributed by atoms with Crippen molar-refractivity contribution in [1.82, 2.24) is 9.55 Å². The molecule has 0 unspecified atom stereocenters. The van der Waals surface area contributed by atoms with Gasteiger partial charge in [-0.25, -0.2) is 4.39 Å². The van der Waals surface area contributed by atoms with E-state index >= 15 is 0 Å². The number of pyridine rings is 1. The molecule has 39 heavy (non-hydrogen) atoms. The number of aromatic hydroxyl groups is 1. The predicted molar refractivity (Wildman–Crippen MR) is 151 cm³/mol. The first-order chi connectivity index (χ1) is 18.8. The number of halogens is 1. The molecule has 0 fully saturated rings. The Morgan fingerprint density at radius 3 is 2.51 bits per heavy atom. The van der Waals surface area contributed by atoms with Gasteiger partial charge in [0.15, 0.2) is 5.75 Å². The molecule has 0 amide bonds. The Labute approximate surface area is 227 Å². The molecule has 0 aliphatic heterocycles. The quantitative estimate of drug-likeness (QED) is 0.232. The van der Waals surface area contributed by atoms with E-state index in [4.69, 9.17) is 9.47 Å². The Morgan fingerprint density at radius 1 is 1.03 bits per heavy atom. The highest BCUT2D eigenvalue weighted by Crippen LogP contribution is 2.32. The summed E-state index contributed by atoms with van der Waals surface area (Å²) < 4.78 is 27.4. The number of H-pyrrole nitrogens is 1. The van der Waals surface area contributed by atoms with Gasteiger partial charge in [0.2, 0.25) is 11.3 Å². The van der Waals surface area contributed by atoms with Crippen LogP contribution in [0.2, 0.25) is 0 Å². The van der Waals surface area contributed by atoms with E-state index in [0.29, 0.717) is 51.4 Å². The van der Waals surface area contributed by atoms with Crippen molar-refractivity contribution in [3.63, 3.8) is 0 Å². The number of ether oxygens (including phenoxy) is 2. The molecule has 0 saturated carbocycles. The molecule has 2 heterocycles. The summed E-state index contributed by atoms with van der Waals surface area (Å²) in [6, 6.07) is 20.4. The van der Waals surface area contributed by atoms with Gasteiger partial charge in [0.1, 0.15) is 11.6 Å². The van der Waals surface area contributed by atoms with Crippen LogP contribution >= 0.6 is 11.3 Å². The van der Waals surface area contributed by atoms with E-state index in [1.54, 1.807) is 42.5 Å². The molecule has 198 valence electrons. The smallest absolute Gasteiger partial charge is 0.307 e. The van der Waals surface area contributed by atoms with Crippen LogP contribution in [0.15, 0.2) is 89.0 Å². The number of aromatic amines is 1. The lowest BCUT2D eigenvalue weighted by molar-refractivity contribution is 0.246. The largest absolute Gasteiger partial charge is 0.493 e. The molecular weight excluding hydrogens is 519 g/mol. The molecule has 5 rings (SSSR count). The fraction of sp³-hybridized carbons (Fsp3) is 0.133. The molecule has 9 heteroatoms. The lowest BCUT2D eigenvalue weighted by Gasteiger charge is -2.18. The van der Waals surface area contributed by atoms with Gasteiger partial charge in [-0.2, -0.15) is 0 Å². The number of aryl methyl sites for hydroxylation is 1. The van der Waals surface area contributed by atoms with E-state index in [0.717, 1.165) is 16.9 Å². The van der Waals surface area contributed by atoms with Crippen LogP contribution in [0.5, 0.6) is 17.4 Å². The first-order valence-electron chi connectivity index (χ1n) is 12.2. The Morgan fingerprint density at radius 2 is 1.77 bits per heavy atom. The summed E-state index contributed by atoms with van der Waals surface area (Å²) in [4.78, 5) is 27.3. The van der Waals surface area contributed by atoms with Crippen molar-refractivity contribution >= 4 is 27.8 Å². The molecule has 0 aliphatic rings. The second kappa shape index (κ2) is 11.0. The van der Waals surface area contributed by atoms with Crippen LogP contribution in [-0.4, -0.2) is 27.9 Å². The molecule has 3 aromatic carbocycles. The summed E-state index contributed by atoms with van der Waals surface area (Å²) in [5, 5.41) is 10.5. The molecule has 0 radical (unpaired) electrons. The summed E-state index contributed by atoms with van der Waals surface area (Å²) >= 11 is 0.885. The summed E-state index contributed by atoms with van der Waals surface area (Å²) in [5.74, 6) is 0.215. The monoisotopic (exact) mass is 544 g/mol. The van der Waals surface area contributed by atoms with Gasteiger partial charge < -0.3 is 19.1 Å². The van der Waals surface area contributed by atoms with Gasteiger partial charge >= 0.3 is 4.87 Å². The average molecular weight is 545 g/mol. The van der Waals surface area contributed by atoms with Gasteiger partial charge in [-0.3, -0.25) is 14.6 Å². The number of hydrogen-bond acceptors (Lipinski definition) is 6. The molecule has 2 aromatic heterocycles. The van der Waals surface area contributed by atoms with Crippen molar-refractivity contribution in [2.75, 3.05) is 13.2 Å². The van der Waals surface area contributed by atoms with Crippen LogP contribution in [0.1, 0.15) is 16.9 Å². The van der Waals surface area contributed by atoms with Crippen LogP contribution < -0.4 is 19.8 Å². The number of fused-ring (bicyclic) bond motifs is 1. The zero-order valence-corrected chi connectivity index (χ0v) is 21.9. The zero-order chi connectivity index (χ0) is 27.5. The Kier molecular flexibility index (Phi) is 7.33. The molecule has 7 nitrogen and oxygen atoms in total. The van der Waals surface area contributed by atoms with E-state index < -0.39 is 0 Å². The van der Waals surface area contributed by atoms with Crippen LogP contribution in [0.3, 0.4) is 0 Å². The number of para-hydroxylation sites is 1. The lowest BCUT2D eigenvalue weighted by Crippen LogP contribution is -2.17. The van der Waals surface area contributed by atoms with Crippen molar-refractivity contribution in [1.29, 1.82) is 0 Å². The fourth-order valence-corrected chi connectivity index (χ4v) is 5.10. The highest BCUT2D eigenvalue weighted by atomic mass is 32.1. The van der Waals surface area contributed by atoms with Gasteiger partial charge in [0, 0.05) is 24.4 Å². The standard InChI is InChI=1S/C30H25FN2O5S/c1-18(28-29(35)32-30(36)39-28)20-7-5-8-22(17-20)37-15-6-16-38-27-25(19-11-13-21(31)14-12-19)33(2)24-10-4-3-9-23(24)26(27)34/h3-5,7-14,17,35H,1,6,15-16H2,2H3,(H,32,36). The highest BCUT2D eigenvalue weighted by molar-refractivity contribution is 7.10. The second-order valence-electron chi connectivity index (χ2n) is 8.84. The van der Waals surface area contributed by atoms with Crippen LogP contribution in [-0.2, 0) is 7.05 Å².